The predicted octanol–water partition coefficient (Wildman–Crippen LogP) is 7.60. The van der Waals surface area contributed by atoms with Gasteiger partial charge in [0.2, 0.25) is 0 Å². The Kier molecular flexibility index (Phi) is 8.14. The Hall–Kier alpha value is -3.61. The van der Waals surface area contributed by atoms with Crippen molar-refractivity contribution in [2.24, 2.45) is 0 Å². The number of aromatic nitrogens is 3. The van der Waals surface area contributed by atoms with Crippen molar-refractivity contribution in [3.63, 3.8) is 0 Å². The van der Waals surface area contributed by atoms with Crippen molar-refractivity contribution >= 4 is 36.1 Å². The number of fused-ring (bicyclic) bond motifs is 2. The van der Waals surface area contributed by atoms with Crippen LogP contribution in [0.4, 0.5) is 4.79 Å². The second kappa shape index (κ2) is 11.0. The molecule has 0 bridgehead atoms. The van der Waals surface area contributed by atoms with Crippen LogP contribution >= 0.6 is 0 Å². The van der Waals surface area contributed by atoms with Crippen molar-refractivity contribution in [1.29, 1.82) is 5.26 Å². The minimum Gasteiger partial charge on any atom is -0.496 e. The average molecular weight is 575 g/mol. The van der Waals surface area contributed by atoms with E-state index in [-0.39, 0.29) is 0 Å². The Morgan fingerprint density at radius 1 is 1.10 bits per heavy atom. The molecule has 0 spiro atoms. The highest BCUT2D eigenvalue weighted by molar-refractivity contribution is 6.76. The molecule has 0 N–H and O–H groups in total. The Morgan fingerprint density at radius 3 is 2.41 bits per heavy atom. The molecular formula is C32H42N4O4Si. The van der Waals surface area contributed by atoms with Gasteiger partial charge in [-0.25, -0.2) is 9.78 Å². The van der Waals surface area contributed by atoms with Gasteiger partial charge in [0, 0.05) is 31.8 Å². The van der Waals surface area contributed by atoms with Gasteiger partial charge in [-0.3, -0.25) is 4.57 Å². The molecule has 8 nitrogen and oxygen atoms in total. The predicted molar refractivity (Wildman–Crippen MR) is 166 cm³/mol. The van der Waals surface area contributed by atoms with Crippen molar-refractivity contribution in [1.82, 2.24) is 14.1 Å². The Labute approximate surface area is 243 Å². The van der Waals surface area contributed by atoms with Crippen molar-refractivity contribution < 1.29 is 19.0 Å². The largest absolute Gasteiger partial charge is 0.496 e. The number of nitriles is 1. The molecule has 0 atom stereocenters. The molecule has 0 radical (unpaired) electrons. The number of carbonyl (C=O) groups excluding carboxylic acids is 1. The summed E-state index contributed by atoms with van der Waals surface area (Å²) in [6.45, 7) is 19.7. The smallest absolute Gasteiger partial charge is 0.419 e. The first-order valence-electron chi connectivity index (χ1n) is 14.0. The maximum atomic E-state index is 13.2. The lowest BCUT2D eigenvalue weighted by Crippen LogP contribution is -2.28. The Morgan fingerprint density at radius 2 is 1.80 bits per heavy atom. The minimum atomic E-state index is -1.26. The van der Waals surface area contributed by atoms with Gasteiger partial charge in [-0.1, -0.05) is 19.6 Å². The topological polar surface area (TPSA) is 91.3 Å². The van der Waals surface area contributed by atoms with Gasteiger partial charge in [0.15, 0.2) is 0 Å². The van der Waals surface area contributed by atoms with Gasteiger partial charge in [-0.15, -0.1) is 0 Å². The molecule has 2 aromatic heterocycles. The summed E-state index contributed by atoms with van der Waals surface area (Å²) < 4.78 is 21.5. The Balaban J connectivity index is 1.91. The average Bonchev–Trinajstić information content (AvgIpc) is 3.47. The second-order valence-electron chi connectivity index (χ2n) is 13.4. The summed E-state index contributed by atoms with van der Waals surface area (Å²) in [7, 11) is 0.398. The first-order chi connectivity index (χ1) is 19.1. The zero-order valence-electron chi connectivity index (χ0n) is 26.0. The van der Waals surface area contributed by atoms with Gasteiger partial charge in [-0.2, -0.15) is 5.26 Å². The molecule has 9 heteroatoms. The third-order valence-electron chi connectivity index (χ3n) is 7.21. The molecule has 2 aromatic carbocycles. The first kappa shape index (κ1) is 30.3. The number of imidazole rings is 1. The van der Waals surface area contributed by atoms with E-state index in [4.69, 9.17) is 19.2 Å². The van der Waals surface area contributed by atoms with Crippen LogP contribution in [0.25, 0.3) is 21.9 Å². The van der Waals surface area contributed by atoms with Gasteiger partial charge in [-0.05, 0) is 83.5 Å². The van der Waals surface area contributed by atoms with Crippen LogP contribution in [0.1, 0.15) is 57.1 Å². The van der Waals surface area contributed by atoms with E-state index in [1.807, 2.05) is 58.0 Å². The standard InChI is InChI=1S/C32H42N4O4Si/c1-21-17-26(38-7)27(23-13-14-35(28(21)23)30(37)40-31(2,3)4)32(5,6)29-34-24-18-22(19-33)11-12-25(24)36(29)20-39-15-16-41(8,9)10/h11-14,17-18H,15-16,20H2,1-10H3. The highest BCUT2D eigenvalue weighted by atomic mass is 28.3. The summed E-state index contributed by atoms with van der Waals surface area (Å²) in [5.41, 5.74) is 3.45. The van der Waals surface area contributed by atoms with Gasteiger partial charge in [0.1, 0.15) is 23.9 Å². The van der Waals surface area contributed by atoms with E-state index in [9.17, 15) is 10.1 Å². The molecule has 218 valence electrons. The molecule has 0 amide bonds. The normalized spacial score (nSPS) is 12.6. The van der Waals surface area contributed by atoms with E-state index in [1.54, 1.807) is 17.9 Å². The van der Waals surface area contributed by atoms with E-state index >= 15 is 0 Å². The fourth-order valence-corrected chi connectivity index (χ4v) is 5.99. The van der Waals surface area contributed by atoms with Crippen molar-refractivity contribution in [2.45, 2.75) is 85.0 Å². The number of rotatable bonds is 8. The number of hydrogen-bond acceptors (Lipinski definition) is 6. The number of methoxy groups -OCH3 is 1. The van der Waals surface area contributed by atoms with Crippen LogP contribution in [0.5, 0.6) is 5.75 Å². The summed E-state index contributed by atoms with van der Waals surface area (Å²) in [6, 6.07) is 12.7. The quantitative estimate of drug-likeness (QED) is 0.159. The molecule has 41 heavy (non-hydrogen) atoms. The first-order valence-corrected chi connectivity index (χ1v) is 17.7. The number of hydrogen-bond donors (Lipinski definition) is 0. The summed E-state index contributed by atoms with van der Waals surface area (Å²) in [6.07, 6.45) is 1.32. The number of benzene rings is 2. The van der Waals surface area contributed by atoms with Crippen LogP contribution in [0.3, 0.4) is 0 Å². The second-order valence-corrected chi connectivity index (χ2v) is 19.0. The van der Waals surface area contributed by atoms with E-state index in [2.05, 4.69) is 44.1 Å². The third kappa shape index (κ3) is 6.19. The highest BCUT2D eigenvalue weighted by Crippen LogP contribution is 2.44. The minimum absolute atomic E-state index is 0.335. The van der Waals surface area contributed by atoms with Crippen molar-refractivity contribution in [3.8, 4) is 11.8 Å². The van der Waals surface area contributed by atoms with Crippen LogP contribution in [-0.4, -0.2) is 47.6 Å². The number of carbonyl (C=O) groups is 1. The van der Waals surface area contributed by atoms with E-state index in [0.717, 1.165) is 44.9 Å². The number of ether oxygens (including phenoxy) is 3. The molecule has 0 unspecified atom stereocenters. The molecule has 0 saturated carbocycles. The summed E-state index contributed by atoms with van der Waals surface area (Å²) >= 11 is 0. The lowest BCUT2D eigenvalue weighted by atomic mass is 9.80. The molecular weight excluding hydrogens is 532 g/mol. The summed E-state index contributed by atoms with van der Waals surface area (Å²) in [5.74, 6) is 1.49. The van der Waals surface area contributed by atoms with Crippen LogP contribution in [0, 0.1) is 18.3 Å². The fourth-order valence-electron chi connectivity index (χ4n) is 5.23. The molecule has 0 saturated heterocycles. The molecule has 4 rings (SSSR count). The molecule has 4 aromatic rings. The SMILES string of the molecule is COc1cc(C)c2c(ccn2C(=O)OC(C)(C)C)c1C(C)(C)c1nc2cc(C#N)ccc2n1COCC[Si](C)(C)C. The van der Waals surface area contributed by atoms with E-state index in [1.165, 1.54) is 0 Å². The Bertz CT molecular complexity index is 1640. The van der Waals surface area contributed by atoms with Gasteiger partial charge in [0.05, 0.1) is 40.7 Å². The molecule has 0 aliphatic carbocycles. The van der Waals surface area contributed by atoms with Gasteiger partial charge >= 0.3 is 6.09 Å². The van der Waals surface area contributed by atoms with Crippen LogP contribution < -0.4 is 4.74 Å². The third-order valence-corrected chi connectivity index (χ3v) is 8.92. The van der Waals surface area contributed by atoms with Crippen LogP contribution in [0.15, 0.2) is 36.5 Å². The van der Waals surface area contributed by atoms with Gasteiger partial charge < -0.3 is 18.8 Å². The summed E-state index contributed by atoms with van der Waals surface area (Å²) in [4.78, 5) is 18.3. The lowest BCUT2D eigenvalue weighted by molar-refractivity contribution is 0.0544. The summed E-state index contributed by atoms with van der Waals surface area (Å²) in [5, 5.41) is 10.4. The number of nitrogens with zero attached hydrogens (tertiary/aromatic N) is 4. The van der Waals surface area contributed by atoms with Crippen molar-refractivity contribution in [3.05, 3.63) is 59.0 Å². The number of aryl methyl sites for hydroxylation is 1. The van der Waals surface area contributed by atoms with Crippen molar-refractivity contribution in [2.75, 3.05) is 13.7 Å². The van der Waals surface area contributed by atoms with Crippen LogP contribution in [0.2, 0.25) is 25.7 Å². The van der Waals surface area contributed by atoms with Gasteiger partial charge in [0.25, 0.3) is 0 Å². The molecule has 2 heterocycles. The monoisotopic (exact) mass is 574 g/mol. The maximum Gasteiger partial charge on any atom is 0.419 e. The zero-order chi connectivity index (χ0) is 30.3. The van der Waals surface area contributed by atoms with E-state index in [0.29, 0.717) is 24.7 Å². The van der Waals surface area contributed by atoms with E-state index < -0.39 is 25.2 Å². The molecule has 0 aliphatic heterocycles. The fraction of sp³-hybridized carbons (Fsp3) is 0.469. The zero-order valence-corrected chi connectivity index (χ0v) is 27.0. The molecule has 0 fully saturated rings. The highest BCUT2D eigenvalue weighted by Gasteiger charge is 2.36. The molecule has 0 aliphatic rings. The maximum absolute atomic E-state index is 13.2. The van der Waals surface area contributed by atoms with Crippen LogP contribution in [-0.2, 0) is 21.6 Å². The lowest BCUT2D eigenvalue weighted by Gasteiger charge is -2.29.